The Bertz CT molecular complexity index is 441. The minimum Gasteiger partial charge on any atom is -0.389 e. The SMILES string of the molecule is Cc1cc(Br)c(NCC(O)COCC2CCCO2)c(Br)c1. The highest BCUT2D eigenvalue weighted by Crippen LogP contribution is 2.32. The highest BCUT2D eigenvalue weighted by atomic mass is 79.9. The number of halogens is 2. The molecule has 1 saturated heterocycles. The molecule has 2 rings (SSSR count). The monoisotopic (exact) mass is 421 g/mol. The summed E-state index contributed by atoms with van der Waals surface area (Å²) < 4.78 is 12.9. The molecule has 0 amide bonds. The van der Waals surface area contributed by atoms with Gasteiger partial charge in [-0.15, -0.1) is 0 Å². The zero-order valence-electron chi connectivity index (χ0n) is 12.1. The van der Waals surface area contributed by atoms with Gasteiger partial charge in [0.15, 0.2) is 0 Å². The predicted molar refractivity (Wildman–Crippen MR) is 90.9 cm³/mol. The molecule has 0 aromatic heterocycles. The van der Waals surface area contributed by atoms with E-state index in [4.69, 9.17) is 9.47 Å². The van der Waals surface area contributed by atoms with Crippen molar-refractivity contribution in [1.82, 2.24) is 0 Å². The second-order valence-corrected chi connectivity index (χ2v) is 7.02. The van der Waals surface area contributed by atoms with Crippen LogP contribution in [0.5, 0.6) is 0 Å². The molecular formula is C15H21Br2NO3. The van der Waals surface area contributed by atoms with Crippen molar-refractivity contribution < 1.29 is 14.6 Å². The van der Waals surface area contributed by atoms with Gasteiger partial charge in [-0.1, -0.05) is 0 Å². The molecule has 0 spiro atoms. The van der Waals surface area contributed by atoms with E-state index in [-0.39, 0.29) is 6.10 Å². The summed E-state index contributed by atoms with van der Waals surface area (Å²) in [5.74, 6) is 0. The maximum absolute atomic E-state index is 9.96. The molecule has 2 N–H and O–H groups in total. The van der Waals surface area contributed by atoms with E-state index in [9.17, 15) is 5.11 Å². The number of ether oxygens (including phenoxy) is 2. The lowest BCUT2D eigenvalue weighted by Gasteiger charge is -2.17. The van der Waals surface area contributed by atoms with Gasteiger partial charge in [-0.2, -0.15) is 0 Å². The largest absolute Gasteiger partial charge is 0.389 e. The predicted octanol–water partition coefficient (Wildman–Crippen LogP) is 3.49. The molecule has 118 valence electrons. The average Bonchev–Trinajstić information content (AvgIpc) is 2.90. The van der Waals surface area contributed by atoms with Crippen LogP contribution in [0, 0.1) is 6.92 Å². The molecule has 2 unspecified atom stereocenters. The molecule has 6 heteroatoms. The summed E-state index contributed by atoms with van der Waals surface area (Å²) in [5, 5.41) is 13.2. The molecule has 1 aromatic carbocycles. The molecule has 0 radical (unpaired) electrons. The van der Waals surface area contributed by atoms with Crippen LogP contribution in [0.2, 0.25) is 0 Å². The van der Waals surface area contributed by atoms with Gasteiger partial charge in [0.2, 0.25) is 0 Å². The summed E-state index contributed by atoms with van der Waals surface area (Å²) in [6.07, 6.45) is 1.81. The number of benzene rings is 1. The number of rotatable bonds is 7. The minimum absolute atomic E-state index is 0.200. The van der Waals surface area contributed by atoms with Gasteiger partial charge < -0.3 is 19.9 Å². The Kier molecular flexibility index (Phi) is 6.95. The standard InChI is InChI=1S/C15H21Br2NO3/c1-10-5-13(16)15(14(17)6-10)18-7-11(19)8-20-9-12-3-2-4-21-12/h5-6,11-12,18-19H,2-4,7-9H2,1H3. The summed E-state index contributed by atoms with van der Waals surface area (Å²) >= 11 is 7.05. The van der Waals surface area contributed by atoms with Crippen LogP contribution in [0.15, 0.2) is 21.1 Å². The van der Waals surface area contributed by atoms with E-state index < -0.39 is 6.10 Å². The van der Waals surface area contributed by atoms with Crippen molar-refractivity contribution in [3.63, 3.8) is 0 Å². The first kappa shape index (κ1) is 17.2. The number of anilines is 1. The molecule has 1 heterocycles. The number of hydrogen-bond acceptors (Lipinski definition) is 4. The Morgan fingerprint density at radius 1 is 1.43 bits per heavy atom. The third-order valence-electron chi connectivity index (χ3n) is 3.34. The van der Waals surface area contributed by atoms with Crippen molar-refractivity contribution in [2.45, 2.75) is 32.0 Å². The molecular weight excluding hydrogens is 402 g/mol. The van der Waals surface area contributed by atoms with Crippen LogP contribution in [-0.4, -0.2) is 43.7 Å². The first-order chi connectivity index (χ1) is 10.1. The topological polar surface area (TPSA) is 50.7 Å². The van der Waals surface area contributed by atoms with E-state index in [0.29, 0.717) is 19.8 Å². The van der Waals surface area contributed by atoms with Gasteiger partial charge in [0.25, 0.3) is 0 Å². The lowest BCUT2D eigenvalue weighted by atomic mass is 10.2. The van der Waals surface area contributed by atoms with Gasteiger partial charge in [-0.05, 0) is 69.3 Å². The number of aryl methyl sites for hydroxylation is 1. The second-order valence-electron chi connectivity index (χ2n) is 5.31. The van der Waals surface area contributed by atoms with Crippen LogP contribution in [0.25, 0.3) is 0 Å². The molecule has 0 bridgehead atoms. The van der Waals surface area contributed by atoms with Crippen molar-refractivity contribution in [1.29, 1.82) is 0 Å². The van der Waals surface area contributed by atoms with Crippen LogP contribution >= 0.6 is 31.9 Å². The highest BCUT2D eigenvalue weighted by Gasteiger charge is 2.16. The quantitative estimate of drug-likeness (QED) is 0.706. The van der Waals surface area contributed by atoms with Crippen molar-refractivity contribution in [3.8, 4) is 0 Å². The number of nitrogens with one attached hydrogen (secondary N) is 1. The lowest BCUT2D eigenvalue weighted by molar-refractivity contribution is -0.0137. The van der Waals surface area contributed by atoms with Gasteiger partial charge in [0.1, 0.15) is 0 Å². The van der Waals surface area contributed by atoms with Crippen LogP contribution in [-0.2, 0) is 9.47 Å². The summed E-state index contributed by atoms with van der Waals surface area (Å²) in [5.41, 5.74) is 2.11. The van der Waals surface area contributed by atoms with E-state index in [2.05, 4.69) is 37.2 Å². The Labute approximate surface area is 142 Å². The van der Waals surface area contributed by atoms with Gasteiger partial charge in [-0.25, -0.2) is 0 Å². The molecule has 4 nitrogen and oxygen atoms in total. The summed E-state index contributed by atoms with van der Waals surface area (Å²) in [6, 6.07) is 4.07. The highest BCUT2D eigenvalue weighted by molar-refractivity contribution is 9.11. The van der Waals surface area contributed by atoms with Gasteiger partial charge in [0.05, 0.1) is 31.1 Å². The Morgan fingerprint density at radius 3 is 2.76 bits per heavy atom. The number of hydrogen-bond donors (Lipinski definition) is 2. The maximum atomic E-state index is 9.96. The fraction of sp³-hybridized carbons (Fsp3) is 0.600. The van der Waals surface area contributed by atoms with Crippen molar-refractivity contribution in [2.75, 3.05) is 31.7 Å². The van der Waals surface area contributed by atoms with E-state index >= 15 is 0 Å². The first-order valence-electron chi connectivity index (χ1n) is 7.13. The van der Waals surface area contributed by atoms with E-state index in [1.165, 1.54) is 5.56 Å². The summed E-state index contributed by atoms with van der Waals surface area (Å²) in [4.78, 5) is 0. The van der Waals surface area contributed by atoms with E-state index in [1.54, 1.807) is 0 Å². The van der Waals surface area contributed by atoms with Crippen molar-refractivity contribution in [2.24, 2.45) is 0 Å². The van der Waals surface area contributed by atoms with E-state index in [0.717, 1.165) is 34.1 Å². The lowest BCUT2D eigenvalue weighted by Crippen LogP contribution is -2.27. The zero-order valence-corrected chi connectivity index (χ0v) is 15.2. The van der Waals surface area contributed by atoms with Crippen LogP contribution < -0.4 is 5.32 Å². The smallest absolute Gasteiger partial charge is 0.0945 e. The number of aliphatic hydroxyl groups excluding tert-OH is 1. The normalized spacial score (nSPS) is 19.7. The molecule has 0 saturated carbocycles. The number of aliphatic hydroxyl groups is 1. The zero-order chi connectivity index (χ0) is 15.2. The van der Waals surface area contributed by atoms with E-state index in [1.807, 2.05) is 19.1 Å². The van der Waals surface area contributed by atoms with Gasteiger partial charge in [-0.3, -0.25) is 0 Å². The molecule has 1 aromatic rings. The molecule has 0 aliphatic carbocycles. The average molecular weight is 423 g/mol. The Morgan fingerprint density at radius 2 is 2.14 bits per heavy atom. The molecule has 2 atom stereocenters. The fourth-order valence-electron chi connectivity index (χ4n) is 2.26. The molecule has 1 fully saturated rings. The van der Waals surface area contributed by atoms with Crippen molar-refractivity contribution >= 4 is 37.5 Å². The minimum atomic E-state index is -0.550. The Balaban J connectivity index is 1.72. The van der Waals surface area contributed by atoms with Crippen LogP contribution in [0.1, 0.15) is 18.4 Å². The summed E-state index contributed by atoms with van der Waals surface area (Å²) in [7, 11) is 0. The maximum Gasteiger partial charge on any atom is 0.0945 e. The third-order valence-corrected chi connectivity index (χ3v) is 4.59. The second kappa shape index (κ2) is 8.48. The van der Waals surface area contributed by atoms with Crippen molar-refractivity contribution in [3.05, 3.63) is 26.6 Å². The van der Waals surface area contributed by atoms with Gasteiger partial charge in [0, 0.05) is 22.1 Å². The van der Waals surface area contributed by atoms with Gasteiger partial charge >= 0.3 is 0 Å². The van der Waals surface area contributed by atoms with Crippen LogP contribution in [0.3, 0.4) is 0 Å². The molecule has 1 aliphatic rings. The van der Waals surface area contributed by atoms with Crippen LogP contribution in [0.4, 0.5) is 5.69 Å². The molecule has 1 aliphatic heterocycles. The third kappa shape index (κ3) is 5.53. The summed E-state index contributed by atoms with van der Waals surface area (Å²) in [6.45, 7) is 4.18. The first-order valence-corrected chi connectivity index (χ1v) is 8.72. The molecule has 21 heavy (non-hydrogen) atoms. The Hall–Kier alpha value is -0.140. The fourth-order valence-corrected chi connectivity index (χ4v) is 3.95.